The topological polar surface area (TPSA) is 62.8 Å². The zero-order valence-electron chi connectivity index (χ0n) is 18.0. The monoisotopic (exact) mass is 401 g/mol. The summed E-state index contributed by atoms with van der Waals surface area (Å²) < 4.78 is 12.8. The third-order valence-corrected chi connectivity index (χ3v) is 6.39. The summed E-state index contributed by atoms with van der Waals surface area (Å²) in [5.41, 5.74) is 2.08. The van der Waals surface area contributed by atoms with Gasteiger partial charge in [0.05, 0.1) is 6.04 Å². The van der Waals surface area contributed by atoms with Crippen molar-refractivity contribution in [2.45, 2.75) is 76.4 Å². The zero-order valence-corrected chi connectivity index (χ0v) is 18.0. The molecule has 0 spiro atoms. The van der Waals surface area contributed by atoms with Crippen LogP contribution in [0.3, 0.4) is 0 Å². The molecule has 0 radical (unpaired) electrons. The largest absolute Gasteiger partial charge is 0.372 e. The van der Waals surface area contributed by atoms with E-state index in [9.17, 15) is 4.79 Å². The number of benzene rings is 1. The number of rotatable bonds is 7. The Morgan fingerprint density at radius 1 is 1.31 bits per heavy atom. The summed E-state index contributed by atoms with van der Waals surface area (Å²) in [5.74, 6) is -0.521. The average Bonchev–Trinajstić information content (AvgIpc) is 3.35. The molecule has 0 aromatic heterocycles. The van der Waals surface area contributed by atoms with Gasteiger partial charge in [-0.25, -0.2) is 0 Å². The minimum absolute atomic E-state index is 0.0190. The first-order chi connectivity index (χ1) is 13.9. The Morgan fingerprint density at radius 3 is 2.86 bits per heavy atom. The van der Waals surface area contributed by atoms with Gasteiger partial charge in [0.15, 0.2) is 5.79 Å². The molecule has 160 valence electrons. The fourth-order valence-electron chi connectivity index (χ4n) is 5.13. The fraction of sp³-hybridized carbons (Fsp3) is 0.696. The first kappa shape index (κ1) is 20.6. The van der Waals surface area contributed by atoms with E-state index in [0.717, 1.165) is 32.5 Å². The smallest absolute Gasteiger partial charge is 0.220 e. The van der Waals surface area contributed by atoms with E-state index in [1.54, 1.807) is 0 Å². The Balaban J connectivity index is 1.55. The van der Waals surface area contributed by atoms with Crippen LogP contribution in [-0.2, 0) is 20.7 Å². The van der Waals surface area contributed by atoms with Gasteiger partial charge < -0.3 is 25.0 Å². The number of hydrogen-bond acceptors (Lipinski definition) is 5. The highest BCUT2D eigenvalue weighted by Crippen LogP contribution is 2.44. The molecule has 0 saturated carbocycles. The van der Waals surface area contributed by atoms with E-state index in [4.69, 9.17) is 9.47 Å². The molecule has 4 rings (SSSR count). The van der Waals surface area contributed by atoms with Crippen LogP contribution >= 0.6 is 0 Å². The molecule has 3 atom stereocenters. The summed E-state index contributed by atoms with van der Waals surface area (Å²) in [4.78, 5) is 14.5. The minimum Gasteiger partial charge on any atom is -0.372 e. The second-order valence-electron chi connectivity index (χ2n) is 9.12. The normalized spacial score (nSPS) is 30.5. The van der Waals surface area contributed by atoms with E-state index in [1.165, 1.54) is 24.1 Å². The lowest BCUT2D eigenvalue weighted by molar-refractivity contribution is -0.172. The third-order valence-electron chi connectivity index (χ3n) is 6.39. The summed E-state index contributed by atoms with van der Waals surface area (Å²) in [6.45, 7) is 9.56. The molecule has 6 nitrogen and oxygen atoms in total. The Labute approximate surface area is 174 Å². The summed E-state index contributed by atoms with van der Waals surface area (Å²) in [6.07, 6.45) is 4.69. The van der Waals surface area contributed by atoms with Crippen LogP contribution in [0, 0.1) is 0 Å². The van der Waals surface area contributed by atoms with Gasteiger partial charge in [-0.2, -0.15) is 0 Å². The summed E-state index contributed by atoms with van der Waals surface area (Å²) in [5, 5.41) is 6.64. The highest BCUT2D eigenvalue weighted by molar-refractivity contribution is 5.75. The molecular formula is C23H35N3O3. The van der Waals surface area contributed by atoms with Gasteiger partial charge in [-0.15, -0.1) is 0 Å². The summed E-state index contributed by atoms with van der Waals surface area (Å²) >= 11 is 0. The molecule has 6 heteroatoms. The molecule has 0 bridgehead atoms. The lowest BCUT2D eigenvalue weighted by atomic mass is 9.85. The second kappa shape index (κ2) is 8.25. The molecule has 0 unspecified atom stereocenters. The number of ether oxygens (including phenoxy) is 2. The van der Waals surface area contributed by atoms with Crippen LogP contribution in [0.5, 0.6) is 0 Å². The number of amides is 1. The Kier molecular flexibility index (Phi) is 5.87. The highest BCUT2D eigenvalue weighted by atomic mass is 16.8. The molecular weight excluding hydrogens is 366 g/mol. The molecule has 0 aliphatic carbocycles. The molecule has 3 saturated heterocycles. The van der Waals surface area contributed by atoms with Crippen LogP contribution < -0.4 is 15.5 Å². The maximum absolute atomic E-state index is 12.1. The average molecular weight is 402 g/mol. The van der Waals surface area contributed by atoms with Crippen LogP contribution in [0.25, 0.3) is 0 Å². The number of nitrogens with one attached hydrogen (secondary N) is 2. The van der Waals surface area contributed by atoms with Crippen molar-refractivity contribution in [3.63, 3.8) is 0 Å². The van der Waals surface area contributed by atoms with Gasteiger partial charge in [0.2, 0.25) is 5.91 Å². The number of anilines is 1. The van der Waals surface area contributed by atoms with Gasteiger partial charge >= 0.3 is 0 Å². The SMILES string of the molecule is CCCC(=O)NC[C@H]1NC[C@@H]2OC(C)(C)O[C@@]21Cc1cccc(N2CCCC2)c1. The van der Waals surface area contributed by atoms with E-state index in [-0.39, 0.29) is 18.1 Å². The third kappa shape index (κ3) is 4.30. The standard InChI is InChI=1S/C23H35N3O3/c1-4-8-21(27)25-15-19-23(20(16-24-19)28-22(2,3)29-23)14-17-9-7-10-18(13-17)26-11-5-6-12-26/h7,9-10,13,19-20,24H,4-6,8,11-12,14-16H2,1-3H3,(H,25,27)/t19-,20+,23-/m1/s1. The highest BCUT2D eigenvalue weighted by Gasteiger charge is 2.60. The van der Waals surface area contributed by atoms with Crippen molar-refractivity contribution in [3.8, 4) is 0 Å². The van der Waals surface area contributed by atoms with E-state index in [2.05, 4.69) is 39.8 Å². The van der Waals surface area contributed by atoms with Crippen molar-refractivity contribution >= 4 is 11.6 Å². The Morgan fingerprint density at radius 2 is 2.10 bits per heavy atom. The Bertz CT molecular complexity index is 732. The van der Waals surface area contributed by atoms with Gasteiger partial charge in [-0.1, -0.05) is 19.1 Å². The van der Waals surface area contributed by atoms with Gasteiger partial charge in [0.25, 0.3) is 0 Å². The maximum atomic E-state index is 12.1. The van der Waals surface area contributed by atoms with E-state index in [1.807, 2.05) is 20.8 Å². The molecule has 3 aliphatic rings. The molecule has 3 aliphatic heterocycles. The first-order valence-electron chi connectivity index (χ1n) is 11.1. The van der Waals surface area contributed by atoms with E-state index < -0.39 is 11.4 Å². The number of hydrogen-bond donors (Lipinski definition) is 2. The summed E-state index contributed by atoms with van der Waals surface area (Å²) in [7, 11) is 0. The van der Waals surface area contributed by atoms with Crippen molar-refractivity contribution in [1.82, 2.24) is 10.6 Å². The van der Waals surface area contributed by atoms with E-state index >= 15 is 0 Å². The van der Waals surface area contributed by atoms with Gasteiger partial charge in [-0.3, -0.25) is 4.79 Å². The zero-order chi connectivity index (χ0) is 20.5. The van der Waals surface area contributed by atoms with Crippen molar-refractivity contribution in [3.05, 3.63) is 29.8 Å². The van der Waals surface area contributed by atoms with Crippen molar-refractivity contribution in [2.24, 2.45) is 0 Å². The van der Waals surface area contributed by atoms with Crippen LogP contribution in [0.2, 0.25) is 0 Å². The van der Waals surface area contributed by atoms with Crippen LogP contribution in [-0.4, -0.2) is 55.6 Å². The lowest BCUT2D eigenvalue weighted by Crippen LogP contribution is -2.55. The summed E-state index contributed by atoms with van der Waals surface area (Å²) in [6, 6.07) is 8.86. The predicted molar refractivity (Wildman–Crippen MR) is 114 cm³/mol. The molecule has 1 aromatic rings. The molecule has 2 N–H and O–H groups in total. The number of fused-ring (bicyclic) bond motifs is 1. The Hall–Kier alpha value is -1.63. The molecule has 29 heavy (non-hydrogen) atoms. The van der Waals surface area contributed by atoms with Gasteiger partial charge in [-0.05, 0) is 50.8 Å². The number of carbonyl (C=O) groups excluding carboxylic acids is 1. The van der Waals surface area contributed by atoms with Crippen LogP contribution in [0.1, 0.15) is 52.0 Å². The maximum Gasteiger partial charge on any atom is 0.220 e. The van der Waals surface area contributed by atoms with E-state index in [0.29, 0.717) is 13.0 Å². The van der Waals surface area contributed by atoms with Crippen molar-refractivity contribution < 1.29 is 14.3 Å². The minimum atomic E-state index is -0.620. The van der Waals surface area contributed by atoms with Crippen molar-refractivity contribution in [1.29, 1.82) is 0 Å². The second-order valence-corrected chi connectivity index (χ2v) is 9.12. The fourth-order valence-corrected chi connectivity index (χ4v) is 5.13. The number of carbonyl (C=O) groups is 1. The quantitative estimate of drug-likeness (QED) is 0.735. The van der Waals surface area contributed by atoms with Crippen LogP contribution in [0.15, 0.2) is 24.3 Å². The van der Waals surface area contributed by atoms with Gasteiger partial charge in [0, 0.05) is 44.7 Å². The van der Waals surface area contributed by atoms with Gasteiger partial charge in [0.1, 0.15) is 11.7 Å². The lowest BCUT2D eigenvalue weighted by Gasteiger charge is -2.35. The molecule has 3 heterocycles. The first-order valence-corrected chi connectivity index (χ1v) is 11.1. The number of nitrogens with zero attached hydrogens (tertiary/aromatic N) is 1. The molecule has 1 amide bonds. The molecule has 1 aromatic carbocycles. The van der Waals surface area contributed by atoms with Crippen molar-refractivity contribution in [2.75, 3.05) is 31.1 Å². The predicted octanol–water partition coefficient (Wildman–Crippen LogP) is 2.61. The molecule has 3 fully saturated rings. The van der Waals surface area contributed by atoms with Crippen LogP contribution in [0.4, 0.5) is 5.69 Å².